The summed E-state index contributed by atoms with van der Waals surface area (Å²) in [6, 6.07) is 6.82. The average Bonchev–Trinajstić information content (AvgIpc) is 3.16. The van der Waals surface area contributed by atoms with E-state index in [1.807, 2.05) is 6.07 Å². The number of likely N-dealkylation sites (N-methyl/N-ethyl adjacent to an activating group) is 1. The van der Waals surface area contributed by atoms with Crippen LogP contribution in [0.2, 0.25) is 0 Å². The fourth-order valence-corrected chi connectivity index (χ4v) is 4.63. The highest BCUT2D eigenvalue weighted by molar-refractivity contribution is 7.80. The van der Waals surface area contributed by atoms with Gasteiger partial charge in [0.25, 0.3) is 5.56 Å². The molecule has 1 aromatic heterocycles. The van der Waals surface area contributed by atoms with E-state index in [0.717, 1.165) is 53.2 Å². The summed E-state index contributed by atoms with van der Waals surface area (Å²) in [7, 11) is 0. The Kier molecular flexibility index (Phi) is 7.30. The lowest BCUT2D eigenvalue weighted by Gasteiger charge is -2.30. The SMILES string of the molecule is CCCNC(=S)N(Cc1cc2ccc(C)c(C)c2[nH]c1=O)C[C@H]1CCC[NH+]1CC. The molecule has 1 aliphatic rings. The van der Waals surface area contributed by atoms with Gasteiger partial charge < -0.3 is 20.1 Å². The van der Waals surface area contributed by atoms with E-state index in [2.05, 4.69) is 55.0 Å². The Bertz CT molecular complexity index is 923. The van der Waals surface area contributed by atoms with Crippen molar-refractivity contribution in [2.24, 2.45) is 0 Å². The van der Waals surface area contributed by atoms with Crippen molar-refractivity contribution in [1.29, 1.82) is 0 Å². The highest BCUT2D eigenvalue weighted by Gasteiger charge is 2.30. The van der Waals surface area contributed by atoms with Gasteiger partial charge in [0.2, 0.25) is 0 Å². The number of rotatable bonds is 7. The van der Waals surface area contributed by atoms with Crippen molar-refractivity contribution in [2.75, 3.05) is 26.2 Å². The maximum absolute atomic E-state index is 12.9. The largest absolute Gasteiger partial charge is 0.363 e. The van der Waals surface area contributed by atoms with Crippen molar-refractivity contribution in [3.63, 3.8) is 0 Å². The van der Waals surface area contributed by atoms with Gasteiger partial charge in [-0.25, -0.2) is 0 Å². The number of nitrogens with zero attached hydrogens (tertiary/aromatic N) is 1. The van der Waals surface area contributed by atoms with Crippen LogP contribution < -0.4 is 15.8 Å². The Morgan fingerprint density at radius 1 is 1.34 bits per heavy atom. The first-order valence-electron chi connectivity index (χ1n) is 10.9. The standard InChI is InChI=1S/C23H34N4OS/c1-5-11-24-23(29)27(15-20-8-7-12-26(20)6-2)14-19-13-18-10-9-16(3)17(4)21(18)25-22(19)28/h9-10,13,20H,5-8,11-12,14-15H2,1-4H3,(H,24,29)(H,25,28)/p+1/t20-/m1/s1. The Morgan fingerprint density at radius 2 is 2.14 bits per heavy atom. The van der Waals surface area contributed by atoms with Crippen LogP contribution in [0.4, 0.5) is 0 Å². The fourth-order valence-electron chi connectivity index (χ4n) is 4.39. The van der Waals surface area contributed by atoms with Crippen LogP contribution in [0.1, 0.15) is 49.8 Å². The molecule has 2 heterocycles. The number of H-pyrrole nitrogens is 1. The van der Waals surface area contributed by atoms with Gasteiger partial charge >= 0.3 is 0 Å². The molecule has 2 aromatic rings. The molecular weight excluding hydrogens is 380 g/mol. The average molecular weight is 416 g/mol. The third kappa shape index (κ3) is 4.98. The minimum absolute atomic E-state index is 0.0133. The van der Waals surface area contributed by atoms with Gasteiger partial charge in [0, 0.05) is 24.9 Å². The maximum atomic E-state index is 12.9. The van der Waals surface area contributed by atoms with E-state index in [0.29, 0.717) is 12.6 Å². The first-order valence-corrected chi connectivity index (χ1v) is 11.3. The molecule has 1 unspecified atom stereocenters. The minimum atomic E-state index is -0.0133. The molecule has 0 spiro atoms. The summed E-state index contributed by atoms with van der Waals surface area (Å²) in [4.78, 5) is 19.8. The molecule has 5 nitrogen and oxygen atoms in total. The molecule has 1 aromatic carbocycles. The Hall–Kier alpha value is -1.92. The number of fused-ring (bicyclic) bond motifs is 1. The number of benzene rings is 1. The topological polar surface area (TPSA) is 52.6 Å². The molecule has 0 saturated carbocycles. The molecular formula is C23H35N4OS+. The molecule has 0 aliphatic carbocycles. The summed E-state index contributed by atoms with van der Waals surface area (Å²) in [5, 5.41) is 5.21. The van der Waals surface area contributed by atoms with Gasteiger partial charge in [0.1, 0.15) is 6.04 Å². The molecule has 0 bridgehead atoms. The number of hydrogen-bond donors (Lipinski definition) is 3. The molecule has 6 heteroatoms. The monoisotopic (exact) mass is 415 g/mol. The number of quaternary nitrogens is 1. The van der Waals surface area contributed by atoms with Gasteiger partial charge in [0.05, 0.1) is 31.7 Å². The van der Waals surface area contributed by atoms with Gasteiger partial charge in [-0.3, -0.25) is 4.79 Å². The maximum Gasteiger partial charge on any atom is 0.253 e. The summed E-state index contributed by atoms with van der Waals surface area (Å²) in [5.41, 5.74) is 4.03. The van der Waals surface area contributed by atoms with E-state index in [9.17, 15) is 4.79 Å². The van der Waals surface area contributed by atoms with Crippen molar-refractivity contribution in [3.8, 4) is 0 Å². The lowest BCUT2D eigenvalue weighted by molar-refractivity contribution is -0.909. The molecule has 3 rings (SSSR count). The summed E-state index contributed by atoms with van der Waals surface area (Å²) < 4.78 is 0. The predicted octanol–water partition coefficient (Wildman–Crippen LogP) is 2.30. The summed E-state index contributed by atoms with van der Waals surface area (Å²) in [5.74, 6) is 0. The Labute approximate surface area is 179 Å². The highest BCUT2D eigenvalue weighted by atomic mass is 32.1. The van der Waals surface area contributed by atoms with Gasteiger partial charge in [-0.2, -0.15) is 0 Å². The summed E-state index contributed by atoms with van der Waals surface area (Å²) in [6.07, 6.45) is 3.52. The van der Waals surface area contributed by atoms with Gasteiger partial charge in [-0.15, -0.1) is 0 Å². The van der Waals surface area contributed by atoms with E-state index in [-0.39, 0.29) is 5.56 Å². The van der Waals surface area contributed by atoms with Crippen LogP contribution in [-0.2, 0) is 6.54 Å². The quantitative estimate of drug-likeness (QED) is 0.608. The number of aromatic amines is 1. The summed E-state index contributed by atoms with van der Waals surface area (Å²) >= 11 is 5.72. The molecule has 1 aliphatic heterocycles. The number of thiocarbonyl (C=S) groups is 1. The number of nitrogens with one attached hydrogen (secondary N) is 3. The zero-order chi connectivity index (χ0) is 21.0. The number of aromatic nitrogens is 1. The van der Waals surface area contributed by atoms with Crippen LogP contribution >= 0.6 is 12.2 Å². The van der Waals surface area contributed by atoms with E-state index in [1.165, 1.54) is 24.9 Å². The zero-order valence-electron chi connectivity index (χ0n) is 18.2. The third-order valence-corrected chi connectivity index (χ3v) is 6.73. The lowest BCUT2D eigenvalue weighted by atomic mass is 10.0. The molecule has 2 atom stereocenters. The number of aryl methyl sites for hydroxylation is 2. The van der Waals surface area contributed by atoms with E-state index in [1.54, 1.807) is 4.90 Å². The van der Waals surface area contributed by atoms with Crippen LogP contribution in [0.15, 0.2) is 23.0 Å². The first kappa shape index (κ1) is 21.8. The normalized spacial score (nSPS) is 18.9. The van der Waals surface area contributed by atoms with Crippen molar-refractivity contribution in [1.82, 2.24) is 15.2 Å². The van der Waals surface area contributed by atoms with E-state index in [4.69, 9.17) is 12.2 Å². The van der Waals surface area contributed by atoms with Crippen LogP contribution in [0.25, 0.3) is 10.9 Å². The molecule has 3 N–H and O–H groups in total. The second kappa shape index (κ2) is 9.72. The number of pyridine rings is 1. The van der Waals surface area contributed by atoms with Crippen LogP contribution in [0.5, 0.6) is 0 Å². The van der Waals surface area contributed by atoms with E-state index < -0.39 is 0 Å². The molecule has 29 heavy (non-hydrogen) atoms. The van der Waals surface area contributed by atoms with Crippen molar-refractivity contribution in [3.05, 3.63) is 45.2 Å². The highest BCUT2D eigenvalue weighted by Crippen LogP contribution is 2.19. The molecule has 1 fully saturated rings. The van der Waals surface area contributed by atoms with Crippen LogP contribution in [0.3, 0.4) is 0 Å². The first-order chi connectivity index (χ1) is 13.9. The predicted molar refractivity (Wildman–Crippen MR) is 125 cm³/mol. The van der Waals surface area contributed by atoms with Crippen LogP contribution in [0, 0.1) is 13.8 Å². The Morgan fingerprint density at radius 3 is 2.86 bits per heavy atom. The Balaban J connectivity index is 1.88. The zero-order valence-corrected chi connectivity index (χ0v) is 19.0. The van der Waals surface area contributed by atoms with Crippen LogP contribution in [-0.4, -0.2) is 47.2 Å². The molecule has 0 amide bonds. The van der Waals surface area contributed by atoms with Crippen molar-refractivity contribution < 1.29 is 4.90 Å². The number of likely N-dealkylation sites (tertiary alicyclic amines) is 1. The van der Waals surface area contributed by atoms with Gasteiger partial charge in [-0.05, 0) is 62.0 Å². The molecule has 1 saturated heterocycles. The second-order valence-corrected chi connectivity index (χ2v) is 8.70. The van der Waals surface area contributed by atoms with Crippen molar-refractivity contribution in [2.45, 2.75) is 59.5 Å². The molecule has 158 valence electrons. The van der Waals surface area contributed by atoms with Gasteiger partial charge in [-0.1, -0.05) is 19.1 Å². The minimum Gasteiger partial charge on any atom is -0.363 e. The third-order valence-electron chi connectivity index (χ3n) is 6.33. The lowest BCUT2D eigenvalue weighted by Crippen LogP contribution is -3.14. The fraction of sp³-hybridized carbons (Fsp3) is 0.565. The van der Waals surface area contributed by atoms with E-state index >= 15 is 0 Å². The molecule has 0 radical (unpaired) electrons. The van der Waals surface area contributed by atoms with Crippen molar-refractivity contribution >= 4 is 28.2 Å². The smallest absolute Gasteiger partial charge is 0.253 e. The second-order valence-electron chi connectivity index (χ2n) is 8.31. The van der Waals surface area contributed by atoms with Gasteiger partial charge in [0.15, 0.2) is 5.11 Å². The number of hydrogen-bond acceptors (Lipinski definition) is 2. The summed E-state index contributed by atoms with van der Waals surface area (Å²) in [6.45, 7) is 13.2.